The number of hydrogen-bond acceptors (Lipinski definition) is 2. The average molecular weight is 247 g/mol. The van der Waals surface area contributed by atoms with Gasteiger partial charge >= 0.3 is 0 Å². The summed E-state index contributed by atoms with van der Waals surface area (Å²) in [4.78, 5) is 0. The Morgan fingerprint density at radius 1 is 1.33 bits per heavy atom. The lowest BCUT2D eigenvalue weighted by Gasteiger charge is -2.45. The van der Waals surface area contributed by atoms with Crippen LogP contribution in [-0.4, -0.2) is 19.7 Å². The van der Waals surface area contributed by atoms with Crippen molar-refractivity contribution in [3.05, 3.63) is 29.8 Å². The molecule has 0 spiro atoms. The first-order valence-electron chi connectivity index (χ1n) is 7.17. The highest BCUT2D eigenvalue weighted by molar-refractivity contribution is 5.33. The number of nitrogens with one attached hydrogen (secondary N) is 1. The fourth-order valence-electron chi connectivity index (χ4n) is 3.10. The van der Waals surface area contributed by atoms with Gasteiger partial charge in [0.15, 0.2) is 0 Å². The van der Waals surface area contributed by atoms with E-state index < -0.39 is 0 Å². The van der Waals surface area contributed by atoms with Crippen LogP contribution in [-0.2, 0) is 0 Å². The van der Waals surface area contributed by atoms with Crippen LogP contribution in [0.25, 0.3) is 0 Å². The van der Waals surface area contributed by atoms with Gasteiger partial charge in [0.25, 0.3) is 0 Å². The summed E-state index contributed by atoms with van der Waals surface area (Å²) in [5.74, 6) is 2.47. The number of hydrogen-bond donors (Lipinski definition) is 1. The summed E-state index contributed by atoms with van der Waals surface area (Å²) in [6, 6.07) is 9.28. The summed E-state index contributed by atoms with van der Waals surface area (Å²) >= 11 is 0. The maximum Gasteiger partial charge on any atom is 0.119 e. The van der Waals surface area contributed by atoms with Crippen LogP contribution in [0.5, 0.6) is 5.75 Å². The molecule has 3 unspecified atom stereocenters. The van der Waals surface area contributed by atoms with Gasteiger partial charge in [0.2, 0.25) is 0 Å². The van der Waals surface area contributed by atoms with E-state index in [0.29, 0.717) is 12.0 Å². The van der Waals surface area contributed by atoms with Gasteiger partial charge in [-0.2, -0.15) is 0 Å². The normalized spacial score (nSPS) is 26.7. The molecule has 1 aliphatic carbocycles. The van der Waals surface area contributed by atoms with Crippen molar-refractivity contribution >= 4 is 0 Å². The molecule has 0 heterocycles. The molecule has 100 valence electrons. The van der Waals surface area contributed by atoms with Gasteiger partial charge in [-0.25, -0.2) is 0 Å². The Kier molecular flexibility index (Phi) is 4.65. The Morgan fingerprint density at radius 2 is 2.17 bits per heavy atom. The van der Waals surface area contributed by atoms with Crippen molar-refractivity contribution in [1.29, 1.82) is 0 Å². The van der Waals surface area contributed by atoms with Crippen molar-refractivity contribution in [1.82, 2.24) is 5.32 Å². The standard InChI is InChI=1S/C16H25NO/c1-4-9-17-16-11-15(14(16)5-2)12-7-6-8-13(10-12)18-3/h6-8,10,14-17H,4-5,9,11H2,1-3H3. The molecule has 0 radical (unpaired) electrons. The van der Waals surface area contributed by atoms with E-state index in [4.69, 9.17) is 4.74 Å². The van der Waals surface area contributed by atoms with Gasteiger partial charge in [-0.3, -0.25) is 0 Å². The third-order valence-electron chi connectivity index (χ3n) is 4.19. The SMILES string of the molecule is CCCNC1CC(c2cccc(OC)c2)C1CC. The first-order valence-corrected chi connectivity index (χ1v) is 7.17. The second-order valence-corrected chi connectivity index (χ2v) is 5.25. The lowest BCUT2D eigenvalue weighted by Crippen LogP contribution is -2.49. The van der Waals surface area contributed by atoms with E-state index in [0.717, 1.165) is 18.2 Å². The minimum absolute atomic E-state index is 0.708. The molecule has 0 amide bonds. The van der Waals surface area contributed by atoms with Gasteiger partial charge < -0.3 is 10.1 Å². The summed E-state index contributed by atoms with van der Waals surface area (Å²) in [6.07, 6.45) is 3.74. The van der Waals surface area contributed by atoms with Crippen molar-refractivity contribution in [2.45, 2.75) is 45.1 Å². The highest BCUT2D eigenvalue weighted by atomic mass is 16.5. The van der Waals surface area contributed by atoms with E-state index in [9.17, 15) is 0 Å². The molecule has 0 aliphatic heterocycles. The summed E-state index contributed by atoms with van der Waals surface area (Å²) in [6.45, 7) is 5.68. The average Bonchev–Trinajstić information content (AvgIpc) is 2.38. The fraction of sp³-hybridized carbons (Fsp3) is 0.625. The zero-order chi connectivity index (χ0) is 13.0. The van der Waals surface area contributed by atoms with Crippen molar-refractivity contribution in [2.24, 2.45) is 5.92 Å². The van der Waals surface area contributed by atoms with Gasteiger partial charge in [0.05, 0.1) is 7.11 Å². The van der Waals surface area contributed by atoms with Gasteiger partial charge in [-0.15, -0.1) is 0 Å². The minimum atomic E-state index is 0.708. The topological polar surface area (TPSA) is 21.3 Å². The Labute approximate surface area is 111 Å². The molecule has 1 aliphatic rings. The second-order valence-electron chi connectivity index (χ2n) is 5.25. The monoisotopic (exact) mass is 247 g/mol. The molecule has 1 aromatic carbocycles. The van der Waals surface area contributed by atoms with Crippen LogP contribution in [0.3, 0.4) is 0 Å². The third kappa shape index (κ3) is 2.69. The van der Waals surface area contributed by atoms with Crippen molar-refractivity contribution in [2.75, 3.05) is 13.7 Å². The zero-order valence-electron chi connectivity index (χ0n) is 11.8. The molecule has 0 bridgehead atoms. The van der Waals surface area contributed by atoms with Crippen LogP contribution < -0.4 is 10.1 Å². The van der Waals surface area contributed by atoms with Crippen molar-refractivity contribution < 1.29 is 4.74 Å². The van der Waals surface area contributed by atoms with E-state index >= 15 is 0 Å². The number of rotatable bonds is 6. The largest absolute Gasteiger partial charge is 0.497 e. The predicted molar refractivity (Wildman–Crippen MR) is 76.2 cm³/mol. The molecule has 2 heteroatoms. The quantitative estimate of drug-likeness (QED) is 0.829. The lowest BCUT2D eigenvalue weighted by molar-refractivity contribution is 0.160. The molecular weight excluding hydrogens is 222 g/mol. The maximum atomic E-state index is 5.32. The zero-order valence-corrected chi connectivity index (χ0v) is 11.8. The van der Waals surface area contributed by atoms with Crippen LogP contribution in [0.1, 0.15) is 44.6 Å². The van der Waals surface area contributed by atoms with Gasteiger partial charge in [-0.05, 0) is 48.9 Å². The van der Waals surface area contributed by atoms with Crippen molar-refractivity contribution in [3.63, 3.8) is 0 Å². The molecule has 3 atom stereocenters. The van der Waals surface area contributed by atoms with Crippen LogP contribution in [0, 0.1) is 5.92 Å². The highest BCUT2D eigenvalue weighted by Gasteiger charge is 2.39. The highest BCUT2D eigenvalue weighted by Crippen LogP contribution is 2.45. The van der Waals surface area contributed by atoms with Gasteiger partial charge in [0, 0.05) is 6.04 Å². The van der Waals surface area contributed by atoms with Crippen LogP contribution in [0.2, 0.25) is 0 Å². The van der Waals surface area contributed by atoms with Crippen LogP contribution in [0.15, 0.2) is 24.3 Å². The number of ether oxygens (including phenoxy) is 1. The third-order valence-corrected chi connectivity index (χ3v) is 4.19. The van der Waals surface area contributed by atoms with Crippen LogP contribution in [0.4, 0.5) is 0 Å². The smallest absolute Gasteiger partial charge is 0.119 e. The van der Waals surface area contributed by atoms with E-state index in [1.807, 2.05) is 6.07 Å². The first-order chi connectivity index (χ1) is 8.80. The van der Waals surface area contributed by atoms with Gasteiger partial charge in [-0.1, -0.05) is 32.4 Å². The fourth-order valence-corrected chi connectivity index (χ4v) is 3.10. The van der Waals surface area contributed by atoms with Crippen LogP contribution >= 0.6 is 0 Å². The predicted octanol–water partition coefficient (Wildman–Crippen LogP) is 3.58. The second kappa shape index (κ2) is 6.24. The summed E-state index contributed by atoms with van der Waals surface area (Å²) in [7, 11) is 1.74. The Hall–Kier alpha value is -1.02. The Bertz CT molecular complexity index is 377. The molecule has 1 fully saturated rings. The molecule has 1 aromatic rings. The lowest BCUT2D eigenvalue weighted by atomic mass is 9.65. The van der Waals surface area contributed by atoms with Gasteiger partial charge in [0.1, 0.15) is 5.75 Å². The Morgan fingerprint density at radius 3 is 2.83 bits per heavy atom. The molecular formula is C16H25NO. The molecule has 1 saturated carbocycles. The summed E-state index contributed by atoms with van der Waals surface area (Å²) in [5, 5.41) is 3.67. The number of benzene rings is 1. The number of methoxy groups -OCH3 is 1. The molecule has 2 rings (SSSR count). The summed E-state index contributed by atoms with van der Waals surface area (Å²) < 4.78 is 5.32. The molecule has 18 heavy (non-hydrogen) atoms. The molecule has 0 aromatic heterocycles. The molecule has 0 saturated heterocycles. The summed E-state index contributed by atoms with van der Waals surface area (Å²) in [5.41, 5.74) is 1.44. The van der Waals surface area contributed by atoms with E-state index in [1.54, 1.807) is 7.11 Å². The maximum absolute atomic E-state index is 5.32. The first kappa shape index (κ1) is 13.4. The molecule has 1 N–H and O–H groups in total. The van der Waals surface area contributed by atoms with Crippen molar-refractivity contribution in [3.8, 4) is 5.75 Å². The van der Waals surface area contributed by atoms with E-state index in [-0.39, 0.29) is 0 Å². The minimum Gasteiger partial charge on any atom is -0.497 e. The Balaban J connectivity index is 2.01. The van der Waals surface area contributed by atoms with E-state index in [1.165, 1.54) is 24.8 Å². The van der Waals surface area contributed by atoms with E-state index in [2.05, 4.69) is 37.4 Å². The molecule has 2 nitrogen and oxygen atoms in total.